The molecule has 0 unspecified atom stereocenters. The first-order chi connectivity index (χ1) is 13.1. The Kier molecular flexibility index (Phi) is 6.43. The number of aryl methyl sites for hydroxylation is 3. The highest BCUT2D eigenvalue weighted by molar-refractivity contribution is 5.76. The van der Waals surface area contributed by atoms with Crippen molar-refractivity contribution in [2.75, 3.05) is 0 Å². The molecule has 0 atom stereocenters. The molecule has 0 saturated carbocycles. The Labute approximate surface area is 162 Å². The Morgan fingerprint density at radius 2 is 1.26 bits per heavy atom. The van der Waals surface area contributed by atoms with Crippen LogP contribution in [0.2, 0.25) is 0 Å². The molecule has 1 amide bonds. The van der Waals surface area contributed by atoms with Crippen LogP contribution in [-0.2, 0) is 24.3 Å². The van der Waals surface area contributed by atoms with E-state index in [1.807, 2.05) is 41.3 Å². The number of hydrogen-bond acceptors (Lipinski definition) is 1. The highest BCUT2D eigenvalue weighted by atomic mass is 16.2. The van der Waals surface area contributed by atoms with Gasteiger partial charge in [0.1, 0.15) is 0 Å². The Balaban J connectivity index is 1.70. The minimum atomic E-state index is 0.195. The van der Waals surface area contributed by atoms with Crippen molar-refractivity contribution in [1.29, 1.82) is 0 Å². The first-order valence-corrected chi connectivity index (χ1v) is 9.53. The van der Waals surface area contributed by atoms with Gasteiger partial charge in [-0.05, 0) is 48.1 Å². The average Bonchev–Trinajstić information content (AvgIpc) is 2.70. The number of benzene rings is 3. The molecular weight excluding hydrogens is 330 g/mol. The molecule has 0 aliphatic heterocycles. The maximum Gasteiger partial charge on any atom is 0.223 e. The minimum absolute atomic E-state index is 0.195. The van der Waals surface area contributed by atoms with Crippen LogP contribution in [0.3, 0.4) is 0 Å². The van der Waals surface area contributed by atoms with Crippen LogP contribution in [-0.4, -0.2) is 10.8 Å². The molecule has 0 bridgehead atoms. The molecule has 0 aliphatic rings. The lowest BCUT2D eigenvalue weighted by atomic mass is 10.0. The van der Waals surface area contributed by atoms with Gasteiger partial charge in [0, 0.05) is 19.5 Å². The van der Waals surface area contributed by atoms with Gasteiger partial charge in [0.2, 0.25) is 5.91 Å². The van der Waals surface area contributed by atoms with Crippen molar-refractivity contribution in [3.8, 4) is 0 Å². The Morgan fingerprint density at radius 3 is 1.78 bits per heavy atom. The predicted octanol–water partition coefficient (Wildman–Crippen LogP) is 5.47. The summed E-state index contributed by atoms with van der Waals surface area (Å²) in [6, 6.07) is 26.9. The van der Waals surface area contributed by atoms with Crippen LogP contribution in [0.4, 0.5) is 0 Å². The molecule has 2 heteroatoms. The first-order valence-electron chi connectivity index (χ1n) is 9.53. The van der Waals surface area contributed by atoms with Crippen molar-refractivity contribution < 1.29 is 4.79 Å². The summed E-state index contributed by atoms with van der Waals surface area (Å²) in [4.78, 5) is 15.0. The molecule has 27 heavy (non-hydrogen) atoms. The highest BCUT2D eigenvalue weighted by Crippen LogP contribution is 2.15. The van der Waals surface area contributed by atoms with Gasteiger partial charge in [-0.2, -0.15) is 0 Å². The molecule has 0 aliphatic carbocycles. The van der Waals surface area contributed by atoms with Crippen LogP contribution in [0, 0.1) is 13.8 Å². The second-order valence-electron chi connectivity index (χ2n) is 7.14. The molecule has 0 radical (unpaired) electrons. The number of nitrogens with zero attached hydrogens (tertiary/aromatic N) is 1. The van der Waals surface area contributed by atoms with E-state index in [2.05, 4.69) is 56.3 Å². The predicted molar refractivity (Wildman–Crippen MR) is 111 cm³/mol. The van der Waals surface area contributed by atoms with Crippen LogP contribution in [0.15, 0.2) is 78.9 Å². The van der Waals surface area contributed by atoms with E-state index in [9.17, 15) is 4.79 Å². The quantitative estimate of drug-likeness (QED) is 0.549. The zero-order valence-corrected chi connectivity index (χ0v) is 16.2. The van der Waals surface area contributed by atoms with Gasteiger partial charge in [-0.1, -0.05) is 78.9 Å². The molecule has 0 saturated heterocycles. The Morgan fingerprint density at radius 1 is 0.704 bits per heavy atom. The lowest BCUT2D eigenvalue weighted by Gasteiger charge is -2.23. The van der Waals surface area contributed by atoms with Gasteiger partial charge < -0.3 is 4.90 Å². The molecule has 3 rings (SSSR count). The summed E-state index contributed by atoms with van der Waals surface area (Å²) >= 11 is 0. The van der Waals surface area contributed by atoms with Gasteiger partial charge in [0.25, 0.3) is 0 Å². The van der Waals surface area contributed by atoms with Crippen LogP contribution < -0.4 is 0 Å². The van der Waals surface area contributed by atoms with Crippen molar-refractivity contribution >= 4 is 5.91 Å². The molecular formula is C25H27NO. The summed E-state index contributed by atoms with van der Waals surface area (Å²) in [5.41, 5.74) is 6.12. The fourth-order valence-electron chi connectivity index (χ4n) is 3.21. The monoisotopic (exact) mass is 357 g/mol. The van der Waals surface area contributed by atoms with E-state index in [4.69, 9.17) is 0 Å². The van der Waals surface area contributed by atoms with Crippen LogP contribution in [0.1, 0.15) is 34.2 Å². The SMILES string of the molecule is Cc1ccc(CCC(=O)N(Cc2ccccc2)Cc2ccccc2)cc1C. The zero-order valence-electron chi connectivity index (χ0n) is 16.2. The van der Waals surface area contributed by atoms with Crippen molar-refractivity contribution in [3.05, 3.63) is 107 Å². The number of carbonyl (C=O) groups is 1. The van der Waals surface area contributed by atoms with Crippen LogP contribution in [0.5, 0.6) is 0 Å². The summed E-state index contributed by atoms with van der Waals surface area (Å²) < 4.78 is 0. The summed E-state index contributed by atoms with van der Waals surface area (Å²) in [5, 5.41) is 0. The van der Waals surface area contributed by atoms with Crippen molar-refractivity contribution in [2.24, 2.45) is 0 Å². The van der Waals surface area contributed by atoms with Gasteiger partial charge in [0.05, 0.1) is 0 Å². The second kappa shape index (κ2) is 9.18. The number of amides is 1. The highest BCUT2D eigenvalue weighted by Gasteiger charge is 2.15. The topological polar surface area (TPSA) is 20.3 Å². The van der Waals surface area contributed by atoms with Crippen molar-refractivity contribution in [2.45, 2.75) is 39.8 Å². The normalized spacial score (nSPS) is 10.6. The first kappa shape index (κ1) is 18.9. The lowest BCUT2D eigenvalue weighted by Crippen LogP contribution is -2.30. The van der Waals surface area contributed by atoms with E-state index in [-0.39, 0.29) is 5.91 Å². The molecule has 0 heterocycles. The average molecular weight is 357 g/mol. The van der Waals surface area contributed by atoms with Gasteiger partial charge in [-0.3, -0.25) is 4.79 Å². The number of hydrogen-bond donors (Lipinski definition) is 0. The molecule has 138 valence electrons. The van der Waals surface area contributed by atoms with Crippen molar-refractivity contribution in [3.63, 3.8) is 0 Å². The Hall–Kier alpha value is -2.87. The largest absolute Gasteiger partial charge is 0.334 e. The Bertz CT molecular complexity index is 830. The van der Waals surface area contributed by atoms with E-state index < -0.39 is 0 Å². The summed E-state index contributed by atoms with van der Waals surface area (Å²) in [7, 11) is 0. The summed E-state index contributed by atoms with van der Waals surface area (Å²) in [6.07, 6.45) is 1.31. The summed E-state index contributed by atoms with van der Waals surface area (Å²) in [5.74, 6) is 0.195. The van der Waals surface area contributed by atoms with Gasteiger partial charge in [-0.25, -0.2) is 0 Å². The van der Waals surface area contributed by atoms with E-state index in [1.165, 1.54) is 16.7 Å². The molecule has 3 aromatic carbocycles. The maximum atomic E-state index is 13.0. The minimum Gasteiger partial charge on any atom is -0.334 e. The zero-order chi connectivity index (χ0) is 19.1. The molecule has 0 spiro atoms. The van der Waals surface area contributed by atoms with Crippen molar-refractivity contribution in [1.82, 2.24) is 4.90 Å². The molecule has 0 aromatic heterocycles. The third-order valence-electron chi connectivity index (χ3n) is 4.98. The van der Waals surface area contributed by atoms with E-state index in [1.54, 1.807) is 0 Å². The van der Waals surface area contributed by atoms with E-state index in [0.717, 1.165) is 17.5 Å². The molecule has 3 aromatic rings. The van der Waals surface area contributed by atoms with Gasteiger partial charge in [-0.15, -0.1) is 0 Å². The van der Waals surface area contributed by atoms with Gasteiger partial charge in [0.15, 0.2) is 0 Å². The second-order valence-corrected chi connectivity index (χ2v) is 7.14. The number of rotatable bonds is 7. The molecule has 0 N–H and O–H groups in total. The standard InChI is InChI=1S/C25H27NO/c1-20-13-14-22(17-21(20)2)15-16-25(27)26(18-23-9-5-3-6-10-23)19-24-11-7-4-8-12-24/h3-14,17H,15-16,18-19H2,1-2H3. The third kappa shape index (κ3) is 5.55. The third-order valence-corrected chi connectivity index (χ3v) is 4.98. The van der Waals surface area contributed by atoms with E-state index in [0.29, 0.717) is 19.5 Å². The smallest absolute Gasteiger partial charge is 0.223 e. The van der Waals surface area contributed by atoms with Crippen LogP contribution >= 0.6 is 0 Å². The van der Waals surface area contributed by atoms with Gasteiger partial charge >= 0.3 is 0 Å². The fourth-order valence-corrected chi connectivity index (χ4v) is 3.21. The summed E-state index contributed by atoms with van der Waals surface area (Å²) in [6.45, 7) is 5.52. The van der Waals surface area contributed by atoms with Crippen LogP contribution in [0.25, 0.3) is 0 Å². The maximum absolute atomic E-state index is 13.0. The van der Waals surface area contributed by atoms with E-state index >= 15 is 0 Å². The molecule has 2 nitrogen and oxygen atoms in total. The molecule has 0 fully saturated rings. The fraction of sp³-hybridized carbons (Fsp3) is 0.240. The lowest BCUT2D eigenvalue weighted by molar-refractivity contribution is -0.132. The number of carbonyl (C=O) groups excluding carboxylic acids is 1.